The monoisotopic (exact) mass is 413 g/mol. The molecule has 0 radical (unpaired) electrons. The molecule has 30 heavy (non-hydrogen) atoms. The van der Waals surface area contributed by atoms with Crippen LogP contribution in [0.3, 0.4) is 0 Å². The molecule has 172 valence electrons. The maximum atomic E-state index is 10.3. The van der Waals surface area contributed by atoms with Gasteiger partial charge in [0.15, 0.2) is 0 Å². The molecule has 0 aromatic carbocycles. The number of hydrogen-bond donors (Lipinski definition) is 0. The van der Waals surface area contributed by atoms with E-state index in [-0.39, 0.29) is 5.41 Å². The Hall–Kier alpha value is -0.510. The third-order valence-corrected chi connectivity index (χ3v) is 9.69. The average molecular weight is 414 g/mol. The van der Waals surface area contributed by atoms with E-state index in [4.69, 9.17) is 0 Å². The second kappa shape index (κ2) is 12.5. The fourth-order valence-electron chi connectivity index (χ4n) is 7.88. The molecule has 3 rings (SSSR count). The third-order valence-electron chi connectivity index (χ3n) is 9.69. The van der Waals surface area contributed by atoms with E-state index in [0.29, 0.717) is 5.92 Å². The van der Waals surface area contributed by atoms with Gasteiger partial charge < -0.3 is 0 Å². The van der Waals surface area contributed by atoms with Crippen molar-refractivity contribution in [2.24, 2.45) is 35.0 Å². The van der Waals surface area contributed by atoms with Crippen molar-refractivity contribution in [3.05, 3.63) is 0 Å². The summed E-state index contributed by atoms with van der Waals surface area (Å²) in [6.45, 7) is 4.65. The van der Waals surface area contributed by atoms with Crippen molar-refractivity contribution in [2.75, 3.05) is 0 Å². The second-order valence-electron chi connectivity index (χ2n) is 11.5. The SMILES string of the molecule is CCCCCCC[C@@]1(C#N)CCCC[C@H]1C1CCC([C@H]2CC[C@H](CCC)CC2)CC1. The van der Waals surface area contributed by atoms with Crippen LogP contribution in [0.5, 0.6) is 0 Å². The van der Waals surface area contributed by atoms with E-state index in [1.807, 2.05) is 0 Å². The molecule has 0 aromatic heterocycles. The fraction of sp³-hybridized carbons (Fsp3) is 0.966. The van der Waals surface area contributed by atoms with Crippen molar-refractivity contribution >= 4 is 0 Å². The van der Waals surface area contributed by atoms with Crippen LogP contribution in [0.2, 0.25) is 0 Å². The van der Waals surface area contributed by atoms with Crippen molar-refractivity contribution in [3.8, 4) is 6.07 Å². The Kier molecular flexibility index (Phi) is 10.1. The molecule has 0 aliphatic heterocycles. The molecular formula is C29H51N. The van der Waals surface area contributed by atoms with Gasteiger partial charge in [-0.3, -0.25) is 0 Å². The Morgan fingerprint density at radius 1 is 0.700 bits per heavy atom. The molecule has 0 saturated heterocycles. The van der Waals surface area contributed by atoms with Gasteiger partial charge in [-0.05, 0) is 87.4 Å². The normalized spacial score (nSPS) is 37.6. The van der Waals surface area contributed by atoms with Crippen molar-refractivity contribution < 1.29 is 0 Å². The Morgan fingerprint density at radius 3 is 1.97 bits per heavy atom. The molecule has 3 fully saturated rings. The summed E-state index contributed by atoms with van der Waals surface area (Å²) >= 11 is 0. The minimum absolute atomic E-state index is 0.0280. The molecular weight excluding hydrogens is 362 g/mol. The number of rotatable bonds is 10. The summed E-state index contributed by atoms with van der Waals surface area (Å²) < 4.78 is 0. The van der Waals surface area contributed by atoms with Gasteiger partial charge in [-0.15, -0.1) is 0 Å². The molecule has 0 N–H and O–H groups in total. The Labute approximate surface area is 188 Å². The molecule has 3 aliphatic carbocycles. The van der Waals surface area contributed by atoms with Gasteiger partial charge in [-0.1, -0.05) is 84.5 Å². The molecule has 3 saturated carbocycles. The maximum Gasteiger partial charge on any atom is 0.0692 e. The van der Waals surface area contributed by atoms with Crippen LogP contribution in [0.4, 0.5) is 0 Å². The van der Waals surface area contributed by atoms with Crippen LogP contribution in [-0.4, -0.2) is 0 Å². The van der Waals surface area contributed by atoms with Gasteiger partial charge in [0, 0.05) is 0 Å². The number of nitriles is 1. The summed E-state index contributed by atoms with van der Waals surface area (Å²) in [5.74, 6) is 4.65. The van der Waals surface area contributed by atoms with Gasteiger partial charge in [-0.2, -0.15) is 5.26 Å². The molecule has 0 amide bonds. The summed E-state index contributed by atoms with van der Waals surface area (Å²) in [6.07, 6.45) is 27.8. The van der Waals surface area contributed by atoms with E-state index in [2.05, 4.69) is 19.9 Å². The summed E-state index contributed by atoms with van der Waals surface area (Å²) in [7, 11) is 0. The molecule has 3 aliphatic rings. The van der Waals surface area contributed by atoms with E-state index in [1.54, 1.807) is 0 Å². The van der Waals surface area contributed by atoms with Gasteiger partial charge in [0.05, 0.1) is 11.5 Å². The minimum atomic E-state index is 0.0280. The maximum absolute atomic E-state index is 10.3. The molecule has 0 spiro atoms. The minimum Gasteiger partial charge on any atom is -0.198 e. The highest BCUT2D eigenvalue weighted by molar-refractivity contribution is 5.07. The van der Waals surface area contributed by atoms with Crippen molar-refractivity contribution in [1.29, 1.82) is 5.26 Å². The van der Waals surface area contributed by atoms with Crippen LogP contribution < -0.4 is 0 Å². The molecule has 0 aromatic rings. The molecule has 1 nitrogen and oxygen atoms in total. The third kappa shape index (κ3) is 6.26. The first-order valence-electron chi connectivity index (χ1n) is 14.1. The van der Waals surface area contributed by atoms with E-state index >= 15 is 0 Å². The first-order valence-corrected chi connectivity index (χ1v) is 14.1. The molecule has 0 unspecified atom stereocenters. The van der Waals surface area contributed by atoms with Gasteiger partial charge >= 0.3 is 0 Å². The van der Waals surface area contributed by atoms with E-state index in [1.165, 1.54) is 128 Å². The van der Waals surface area contributed by atoms with Gasteiger partial charge in [0.25, 0.3) is 0 Å². The van der Waals surface area contributed by atoms with E-state index in [9.17, 15) is 5.26 Å². The average Bonchev–Trinajstić information content (AvgIpc) is 2.80. The smallest absolute Gasteiger partial charge is 0.0692 e. The number of hydrogen-bond acceptors (Lipinski definition) is 1. The fourth-order valence-corrected chi connectivity index (χ4v) is 7.88. The van der Waals surface area contributed by atoms with Crippen molar-refractivity contribution in [1.82, 2.24) is 0 Å². The van der Waals surface area contributed by atoms with E-state index in [0.717, 1.165) is 23.7 Å². The summed E-state index contributed by atoms with van der Waals surface area (Å²) in [4.78, 5) is 0. The summed E-state index contributed by atoms with van der Waals surface area (Å²) in [5, 5.41) is 10.3. The lowest BCUT2D eigenvalue weighted by atomic mass is 9.57. The van der Waals surface area contributed by atoms with Gasteiger partial charge in [0.1, 0.15) is 0 Å². The van der Waals surface area contributed by atoms with Crippen LogP contribution in [-0.2, 0) is 0 Å². The quantitative estimate of drug-likeness (QED) is 0.327. The topological polar surface area (TPSA) is 23.8 Å². The zero-order valence-electron chi connectivity index (χ0n) is 20.5. The lowest BCUT2D eigenvalue weighted by Crippen LogP contribution is -2.39. The van der Waals surface area contributed by atoms with Crippen molar-refractivity contribution in [3.63, 3.8) is 0 Å². The van der Waals surface area contributed by atoms with Crippen LogP contribution >= 0.6 is 0 Å². The second-order valence-corrected chi connectivity index (χ2v) is 11.5. The number of unbranched alkanes of at least 4 members (excludes halogenated alkanes) is 4. The lowest BCUT2D eigenvalue weighted by Gasteiger charge is -2.46. The highest BCUT2D eigenvalue weighted by Crippen LogP contribution is 2.53. The highest BCUT2D eigenvalue weighted by atomic mass is 14.5. The Balaban J connectivity index is 1.49. The highest BCUT2D eigenvalue weighted by Gasteiger charge is 2.45. The summed E-state index contributed by atoms with van der Waals surface area (Å²) in [6, 6.07) is 2.95. The predicted octanol–water partition coefficient (Wildman–Crippen LogP) is 9.46. The Bertz CT molecular complexity index is 503. The predicted molar refractivity (Wildman–Crippen MR) is 129 cm³/mol. The first-order chi connectivity index (χ1) is 14.7. The van der Waals surface area contributed by atoms with Crippen LogP contribution in [0.1, 0.15) is 142 Å². The number of nitrogens with zero attached hydrogens (tertiary/aromatic N) is 1. The van der Waals surface area contributed by atoms with Crippen LogP contribution in [0.25, 0.3) is 0 Å². The van der Waals surface area contributed by atoms with Gasteiger partial charge in [-0.25, -0.2) is 0 Å². The molecule has 2 atom stereocenters. The van der Waals surface area contributed by atoms with Crippen LogP contribution in [0.15, 0.2) is 0 Å². The largest absolute Gasteiger partial charge is 0.198 e. The molecule has 1 heteroatoms. The first kappa shape index (κ1) is 24.1. The molecule has 0 heterocycles. The van der Waals surface area contributed by atoms with Crippen LogP contribution in [0, 0.1) is 46.3 Å². The zero-order valence-corrected chi connectivity index (χ0v) is 20.5. The standard InChI is InChI=1S/C29H51N/c1-3-5-6-7-9-21-29(23-30)22-10-8-12-28(29)27-19-17-26(18-20-27)25-15-13-24(11-4-2)14-16-25/h24-28H,3-22H2,1-2H3/t24-,25-,26?,27?,28-,29-/m0/s1. The van der Waals surface area contributed by atoms with Crippen molar-refractivity contribution in [2.45, 2.75) is 142 Å². The zero-order chi connectivity index (χ0) is 21.2. The molecule has 0 bridgehead atoms. The Morgan fingerprint density at radius 2 is 1.33 bits per heavy atom. The van der Waals surface area contributed by atoms with E-state index < -0.39 is 0 Å². The summed E-state index contributed by atoms with van der Waals surface area (Å²) in [5.41, 5.74) is 0.0280. The van der Waals surface area contributed by atoms with Gasteiger partial charge in [0.2, 0.25) is 0 Å². The lowest BCUT2D eigenvalue weighted by molar-refractivity contribution is 0.0448.